The minimum Gasteiger partial charge on any atom is -0.343 e. The van der Waals surface area contributed by atoms with E-state index in [2.05, 4.69) is 13.8 Å². The van der Waals surface area contributed by atoms with Gasteiger partial charge in [0.25, 0.3) is 0 Å². The summed E-state index contributed by atoms with van der Waals surface area (Å²) in [5.41, 5.74) is 0. The Balaban J connectivity index is 2.69. The van der Waals surface area contributed by atoms with Crippen molar-refractivity contribution in [1.29, 1.82) is 0 Å². The van der Waals surface area contributed by atoms with Gasteiger partial charge in [0.15, 0.2) is 0 Å². The van der Waals surface area contributed by atoms with Crippen LogP contribution in [0.5, 0.6) is 0 Å². The summed E-state index contributed by atoms with van der Waals surface area (Å²) < 4.78 is 0. The molecule has 0 aromatic carbocycles. The smallest absolute Gasteiger partial charge is 0.0533 e. The van der Waals surface area contributed by atoms with E-state index in [4.69, 9.17) is 0 Å². The van der Waals surface area contributed by atoms with Crippen molar-refractivity contribution in [3.8, 4) is 0 Å². The highest BCUT2D eigenvalue weighted by Gasteiger charge is 1.88. The molecule has 0 aliphatic heterocycles. The Hall–Kier alpha value is 0. The first kappa shape index (κ1) is 11.0. The third-order valence-electron chi connectivity index (χ3n) is 2.10. The first-order valence-corrected chi connectivity index (χ1v) is 5.21. The van der Waals surface area contributed by atoms with Crippen LogP contribution in [-0.2, 0) is 0 Å². The zero-order chi connectivity index (χ0) is 8.36. The summed E-state index contributed by atoms with van der Waals surface area (Å²) in [6.45, 7) is 6.10. The zero-order valence-electron chi connectivity index (χ0n) is 8.07. The molecule has 0 nitrogen and oxygen atoms in total. The van der Waals surface area contributed by atoms with Crippen LogP contribution in [-0.4, -0.2) is 0 Å². The molecule has 68 valence electrons. The molecule has 0 aliphatic carbocycles. The van der Waals surface area contributed by atoms with Crippen molar-refractivity contribution in [3.63, 3.8) is 0 Å². The van der Waals surface area contributed by atoms with E-state index in [9.17, 15) is 0 Å². The second-order valence-electron chi connectivity index (χ2n) is 3.33. The van der Waals surface area contributed by atoms with Gasteiger partial charge in [-0.05, 0) is 0 Å². The molecular weight excluding hydrogens is 132 g/mol. The van der Waals surface area contributed by atoms with Crippen LogP contribution in [0.3, 0.4) is 0 Å². The van der Waals surface area contributed by atoms with Crippen molar-refractivity contribution in [2.24, 2.45) is 0 Å². The van der Waals surface area contributed by atoms with Crippen LogP contribution >= 0.6 is 0 Å². The molecular formula is C11H23-. The van der Waals surface area contributed by atoms with Crippen molar-refractivity contribution in [1.82, 2.24) is 0 Å². The van der Waals surface area contributed by atoms with Crippen LogP contribution in [0.4, 0.5) is 0 Å². The van der Waals surface area contributed by atoms with Gasteiger partial charge in [-0.15, -0.1) is 0 Å². The molecule has 0 heterocycles. The predicted octanol–water partition coefficient (Wildman–Crippen LogP) is 4.35. The van der Waals surface area contributed by atoms with Gasteiger partial charge in [-0.2, -0.15) is 6.42 Å². The van der Waals surface area contributed by atoms with E-state index in [1.165, 1.54) is 51.4 Å². The molecule has 0 fully saturated rings. The van der Waals surface area contributed by atoms with Crippen LogP contribution in [0, 0.1) is 6.92 Å². The molecule has 0 aromatic heterocycles. The van der Waals surface area contributed by atoms with Crippen LogP contribution in [0.25, 0.3) is 0 Å². The topological polar surface area (TPSA) is 0 Å². The number of rotatable bonds is 8. The average Bonchev–Trinajstić information content (AvgIpc) is 2.03. The molecule has 0 N–H and O–H groups in total. The van der Waals surface area contributed by atoms with E-state index in [1.807, 2.05) is 0 Å². The van der Waals surface area contributed by atoms with E-state index in [0.717, 1.165) is 6.42 Å². The van der Waals surface area contributed by atoms with Crippen molar-refractivity contribution in [2.75, 3.05) is 0 Å². The Morgan fingerprint density at radius 1 is 0.727 bits per heavy atom. The third-order valence-corrected chi connectivity index (χ3v) is 2.10. The van der Waals surface area contributed by atoms with Gasteiger partial charge in [0.1, 0.15) is 0 Å². The molecule has 0 saturated heterocycles. The fourth-order valence-electron chi connectivity index (χ4n) is 1.31. The van der Waals surface area contributed by atoms with Gasteiger partial charge in [0, 0.05) is 0 Å². The molecule has 0 heteroatoms. The van der Waals surface area contributed by atoms with Gasteiger partial charge < -0.3 is 6.92 Å². The van der Waals surface area contributed by atoms with E-state index in [0.29, 0.717) is 0 Å². The van der Waals surface area contributed by atoms with Crippen molar-refractivity contribution in [3.05, 3.63) is 6.92 Å². The number of hydrogen-bond acceptors (Lipinski definition) is 0. The Morgan fingerprint density at radius 2 is 1.18 bits per heavy atom. The van der Waals surface area contributed by atoms with Gasteiger partial charge in [0.2, 0.25) is 0 Å². The summed E-state index contributed by atoms with van der Waals surface area (Å²) in [4.78, 5) is 0. The predicted molar refractivity (Wildman–Crippen MR) is 52.6 cm³/mol. The summed E-state index contributed by atoms with van der Waals surface area (Å²) in [7, 11) is 0. The summed E-state index contributed by atoms with van der Waals surface area (Å²) in [6.07, 6.45) is 12.4. The third kappa shape index (κ3) is 10.0. The summed E-state index contributed by atoms with van der Waals surface area (Å²) in [6, 6.07) is 0. The van der Waals surface area contributed by atoms with Crippen molar-refractivity contribution in [2.45, 2.75) is 64.7 Å². The summed E-state index contributed by atoms with van der Waals surface area (Å²) in [5, 5.41) is 0. The van der Waals surface area contributed by atoms with Gasteiger partial charge in [0.05, 0.1) is 0 Å². The summed E-state index contributed by atoms with van der Waals surface area (Å²) in [5.74, 6) is 0. The lowest BCUT2D eigenvalue weighted by Gasteiger charge is -2.00. The molecule has 0 radical (unpaired) electrons. The Kier molecular flexibility index (Phi) is 10.0. The lowest BCUT2D eigenvalue weighted by Crippen LogP contribution is -1.79. The van der Waals surface area contributed by atoms with Crippen LogP contribution < -0.4 is 0 Å². The Bertz CT molecular complexity index is 49.1. The van der Waals surface area contributed by atoms with Gasteiger partial charge in [-0.1, -0.05) is 58.3 Å². The van der Waals surface area contributed by atoms with E-state index in [-0.39, 0.29) is 0 Å². The molecule has 0 saturated carbocycles. The van der Waals surface area contributed by atoms with E-state index < -0.39 is 0 Å². The molecule has 0 aromatic rings. The minimum absolute atomic E-state index is 1.12. The SMILES string of the molecule is [CH2-]CCCCCCCCCC. The van der Waals surface area contributed by atoms with Crippen molar-refractivity contribution < 1.29 is 0 Å². The summed E-state index contributed by atoms with van der Waals surface area (Å²) >= 11 is 0. The quantitative estimate of drug-likeness (QED) is 0.361. The van der Waals surface area contributed by atoms with Gasteiger partial charge in [-0.3, -0.25) is 0 Å². The fraction of sp³-hybridized carbons (Fsp3) is 0.909. The van der Waals surface area contributed by atoms with Crippen molar-refractivity contribution >= 4 is 0 Å². The normalized spacial score (nSPS) is 10.4. The van der Waals surface area contributed by atoms with E-state index in [1.54, 1.807) is 0 Å². The molecule has 0 aliphatic rings. The maximum Gasteiger partial charge on any atom is -0.0533 e. The average molecular weight is 155 g/mol. The highest BCUT2D eigenvalue weighted by molar-refractivity contribution is 4.46. The molecule has 0 amide bonds. The molecule has 0 rings (SSSR count). The van der Waals surface area contributed by atoms with Gasteiger partial charge >= 0.3 is 0 Å². The highest BCUT2D eigenvalue weighted by Crippen LogP contribution is 2.08. The van der Waals surface area contributed by atoms with Crippen LogP contribution in [0.1, 0.15) is 64.7 Å². The van der Waals surface area contributed by atoms with Gasteiger partial charge in [-0.25, -0.2) is 0 Å². The maximum absolute atomic E-state index is 3.83. The second kappa shape index (κ2) is 10.0. The fourth-order valence-corrected chi connectivity index (χ4v) is 1.31. The molecule has 11 heavy (non-hydrogen) atoms. The molecule has 0 unspecified atom stereocenters. The Labute approximate surface area is 72.4 Å². The highest BCUT2D eigenvalue weighted by atomic mass is 13.9. The Morgan fingerprint density at radius 3 is 1.64 bits per heavy atom. The standard InChI is InChI=1S/C11H23/c1-3-5-7-9-11-10-8-6-4-2/h1,3-11H2,2H3/q-1. The molecule has 0 spiro atoms. The first-order chi connectivity index (χ1) is 5.41. The van der Waals surface area contributed by atoms with Crippen LogP contribution in [0.2, 0.25) is 0 Å². The molecule has 0 atom stereocenters. The number of hydrogen-bond donors (Lipinski definition) is 0. The lowest BCUT2D eigenvalue weighted by molar-refractivity contribution is 0.577. The number of unbranched alkanes of at least 4 members (excludes halogenated alkanes) is 8. The zero-order valence-corrected chi connectivity index (χ0v) is 8.07. The van der Waals surface area contributed by atoms with E-state index >= 15 is 0 Å². The largest absolute Gasteiger partial charge is 0.343 e. The second-order valence-corrected chi connectivity index (χ2v) is 3.33. The maximum atomic E-state index is 3.83. The lowest BCUT2D eigenvalue weighted by atomic mass is 10.1. The van der Waals surface area contributed by atoms with Crippen LogP contribution in [0.15, 0.2) is 0 Å². The first-order valence-electron chi connectivity index (χ1n) is 5.21. The molecule has 0 bridgehead atoms. The monoisotopic (exact) mass is 155 g/mol. The minimum atomic E-state index is 1.12.